The van der Waals surface area contributed by atoms with Crippen LogP contribution in [0.1, 0.15) is 34.8 Å². The maximum absolute atomic E-state index is 11.9. The minimum absolute atomic E-state index is 0.274. The average molecular weight is 269 g/mol. The number of aromatic nitrogens is 1. The number of nitrogens with zero attached hydrogens (tertiary/aromatic N) is 1. The standard InChI is InChI=1S/C11H15N3O3S/c12-5-2-8-13-7(6-18-8)9(15)14-11(10(16)17)3-1-4-11/h6H,1-5,12H2,(H,14,15)(H,16,17). The number of amides is 1. The van der Waals surface area contributed by atoms with E-state index in [9.17, 15) is 9.59 Å². The highest BCUT2D eigenvalue weighted by Crippen LogP contribution is 2.32. The molecule has 6 nitrogen and oxygen atoms in total. The van der Waals surface area contributed by atoms with E-state index in [1.165, 1.54) is 11.3 Å². The molecule has 0 aromatic carbocycles. The zero-order valence-electron chi connectivity index (χ0n) is 9.81. The molecule has 0 aliphatic heterocycles. The van der Waals surface area contributed by atoms with Gasteiger partial charge in [0.1, 0.15) is 11.2 Å². The summed E-state index contributed by atoms with van der Waals surface area (Å²) in [5.74, 6) is -1.39. The fourth-order valence-corrected chi connectivity index (χ4v) is 2.65. The van der Waals surface area contributed by atoms with E-state index in [1.807, 2.05) is 0 Å². The normalized spacial score (nSPS) is 16.9. The number of carbonyl (C=O) groups excluding carboxylic acids is 1. The zero-order chi connectivity index (χ0) is 13.2. The highest BCUT2D eigenvalue weighted by Gasteiger charge is 2.46. The summed E-state index contributed by atoms with van der Waals surface area (Å²) in [7, 11) is 0. The topological polar surface area (TPSA) is 105 Å². The summed E-state index contributed by atoms with van der Waals surface area (Å²) < 4.78 is 0. The third kappa shape index (κ3) is 2.37. The van der Waals surface area contributed by atoms with Crippen LogP contribution in [0.5, 0.6) is 0 Å². The highest BCUT2D eigenvalue weighted by molar-refractivity contribution is 7.09. The van der Waals surface area contributed by atoms with Gasteiger partial charge in [0.05, 0.1) is 5.01 Å². The zero-order valence-corrected chi connectivity index (χ0v) is 10.6. The lowest BCUT2D eigenvalue weighted by Crippen LogP contribution is -2.59. The van der Waals surface area contributed by atoms with E-state index in [-0.39, 0.29) is 5.69 Å². The number of nitrogens with two attached hydrogens (primary N) is 1. The molecule has 1 fully saturated rings. The van der Waals surface area contributed by atoms with Gasteiger partial charge >= 0.3 is 5.97 Å². The Bertz CT molecular complexity index is 468. The van der Waals surface area contributed by atoms with Crippen LogP contribution in [0.25, 0.3) is 0 Å². The number of nitrogens with one attached hydrogen (secondary N) is 1. The largest absolute Gasteiger partial charge is 0.480 e. The molecule has 7 heteroatoms. The van der Waals surface area contributed by atoms with Crippen LogP contribution in [0.4, 0.5) is 0 Å². The van der Waals surface area contributed by atoms with Crippen LogP contribution in [0.3, 0.4) is 0 Å². The molecule has 2 rings (SSSR count). The van der Waals surface area contributed by atoms with Crippen molar-refractivity contribution in [3.63, 3.8) is 0 Å². The SMILES string of the molecule is NCCc1nc(C(=O)NC2(C(=O)O)CCC2)cs1. The molecule has 1 amide bonds. The Kier molecular flexibility index (Phi) is 3.63. The lowest BCUT2D eigenvalue weighted by molar-refractivity contribution is -0.148. The third-order valence-corrected chi connectivity index (χ3v) is 4.02. The van der Waals surface area contributed by atoms with E-state index >= 15 is 0 Å². The second-order valence-corrected chi connectivity index (χ2v) is 5.30. The second kappa shape index (κ2) is 5.03. The molecule has 98 valence electrons. The van der Waals surface area contributed by atoms with E-state index in [2.05, 4.69) is 10.3 Å². The summed E-state index contributed by atoms with van der Waals surface area (Å²) in [6.07, 6.45) is 2.41. The maximum Gasteiger partial charge on any atom is 0.329 e. The highest BCUT2D eigenvalue weighted by atomic mass is 32.1. The maximum atomic E-state index is 11.9. The minimum atomic E-state index is -1.09. The summed E-state index contributed by atoms with van der Waals surface area (Å²) in [6, 6.07) is 0. The molecule has 4 N–H and O–H groups in total. The predicted octanol–water partition coefficient (Wildman–Crippen LogP) is 0.381. The number of aliphatic carboxylic acids is 1. The van der Waals surface area contributed by atoms with Crippen molar-refractivity contribution in [3.05, 3.63) is 16.1 Å². The van der Waals surface area contributed by atoms with Crippen molar-refractivity contribution in [2.24, 2.45) is 5.73 Å². The Morgan fingerprint density at radius 1 is 1.56 bits per heavy atom. The Morgan fingerprint density at radius 3 is 2.78 bits per heavy atom. The van der Waals surface area contributed by atoms with Gasteiger partial charge in [0.2, 0.25) is 0 Å². The molecule has 1 aliphatic rings. The molecular formula is C11H15N3O3S. The monoisotopic (exact) mass is 269 g/mol. The molecule has 1 aromatic heterocycles. The van der Waals surface area contributed by atoms with E-state index in [0.29, 0.717) is 25.8 Å². The van der Waals surface area contributed by atoms with Gasteiger partial charge in [0.25, 0.3) is 5.91 Å². The van der Waals surface area contributed by atoms with Crippen molar-refractivity contribution < 1.29 is 14.7 Å². The molecule has 0 atom stereocenters. The molecule has 1 aromatic rings. The first-order valence-electron chi connectivity index (χ1n) is 5.78. The number of rotatable bonds is 5. The van der Waals surface area contributed by atoms with E-state index in [0.717, 1.165) is 11.4 Å². The van der Waals surface area contributed by atoms with Crippen LogP contribution < -0.4 is 11.1 Å². The van der Waals surface area contributed by atoms with Crippen LogP contribution in [0.15, 0.2) is 5.38 Å². The number of hydrogen-bond acceptors (Lipinski definition) is 5. The predicted molar refractivity (Wildman–Crippen MR) is 66.6 cm³/mol. The van der Waals surface area contributed by atoms with Crippen molar-refractivity contribution >= 4 is 23.2 Å². The van der Waals surface area contributed by atoms with Gasteiger partial charge in [-0.15, -0.1) is 11.3 Å². The van der Waals surface area contributed by atoms with Gasteiger partial charge in [0.15, 0.2) is 0 Å². The van der Waals surface area contributed by atoms with Crippen molar-refractivity contribution in [3.8, 4) is 0 Å². The number of carbonyl (C=O) groups is 2. The van der Waals surface area contributed by atoms with E-state index in [4.69, 9.17) is 10.8 Å². The van der Waals surface area contributed by atoms with Crippen molar-refractivity contribution in [2.45, 2.75) is 31.2 Å². The summed E-state index contributed by atoms with van der Waals surface area (Å²) >= 11 is 1.36. The minimum Gasteiger partial charge on any atom is -0.480 e. The smallest absolute Gasteiger partial charge is 0.329 e. The van der Waals surface area contributed by atoms with Crippen LogP contribution in [0, 0.1) is 0 Å². The number of carboxylic acid groups (broad SMARTS) is 1. The molecule has 0 spiro atoms. The van der Waals surface area contributed by atoms with Gasteiger partial charge in [-0.3, -0.25) is 4.79 Å². The average Bonchev–Trinajstić information content (AvgIpc) is 2.71. The lowest BCUT2D eigenvalue weighted by Gasteiger charge is -2.37. The Balaban J connectivity index is 2.04. The Hall–Kier alpha value is -1.47. The molecule has 1 saturated carbocycles. The van der Waals surface area contributed by atoms with Crippen molar-refractivity contribution in [1.82, 2.24) is 10.3 Å². The molecule has 0 bridgehead atoms. The van der Waals surface area contributed by atoms with Gasteiger partial charge in [-0.2, -0.15) is 0 Å². The summed E-state index contributed by atoms with van der Waals surface area (Å²) in [6.45, 7) is 0.480. The van der Waals surface area contributed by atoms with E-state index in [1.54, 1.807) is 5.38 Å². The first kappa shape index (κ1) is 13.0. The fourth-order valence-electron chi connectivity index (χ4n) is 1.86. The first-order valence-corrected chi connectivity index (χ1v) is 6.66. The van der Waals surface area contributed by atoms with Gasteiger partial charge < -0.3 is 16.2 Å². The Labute approximate surface area is 108 Å². The van der Waals surface area contributed by atoms with Crippen molar-refractivity contribution in [1.29, 1.82) is 0 Å². The summed E-state index contributed by atoms with van der Waals surface area (Å²) in [4.78, 5) is 27.2. The van der Waals surface area contributed by atoms with Gasteiger partial charge in [0, 0.05) is 11.8 Å². The number of thiazole rings is 1. The van der Waals surface area contributed by atoms with Gasteiger partial charge in [-0.05, 0) is 25.8 Å². The van der Waals surface area contributed by atoms with Gasteiger partial charge in [-0.25, -0.2) is 9.78 Å². The lowest BCUT2D eigenvalue weighted by atomic mass is 9.76. The molecule has 0 saturated heterocycles. The quantitative estimate of drug-likeness (QED) is 0.716. The Morgan fingerprint density at radius 2 is 2.28 bits per heavy atom. The third-order valence-electron chi connectivity index (χ3n) is 3.11. The van der Waals surface area contributed by atoms with Crippen LogP contribution in [-0.2, 0) is 11.2 Å². The molecule has 1 heterocycles. The number of hydrogen-bond donors (Lipinski definition) is 3. The molecule has 18 heavy (non-hydrogen) atoms. The van der Waals surface area contributed by atoms with Crippen molar-refractivity contribution in [2.75, 3.05) is 6.54 Å². The molecule has 0 radical (unpaired) electrons. The van der Waals surface area contributed by atoms with Gasteiger partial charge in [-0.1, -0.05) is 0 Å². The fraction of sp³-hybridized carbons (Fsp3) is 0.545. The van der Waals surface area contributed by atoms with Crippen LogP contribution in [0.2, 0.25) is 0 Å². The number of carboxylic acids is 1. The van der Waals surface area contributed by atoms with Crippen LogP contribution in [-0.4, -0.2) is 34.1 Å². The summed E-state index contributed by atoms with van der Waals surface area (Å²) in [5, 5.41) is 14.1. The second-order valence-electron chi connectivity index (χ2n) is 4.36. The molecule has 1 aliphatic carbocycles. The molecular weight excluding hydrogens is 254 g/mol. The van der Waals surface area contributed by atoms with Crippen LogP contribution >= 0.6 is 11.3 Å². The summed E-state index contributed by atoms with van der Waals surface area (Å²) in [5.41, 5.74) is 4.59. The molecule has 0 unspecified atom stereocenters. The van der Waals surface area contributed by atoms with E-state index < -0.39 is 17.4 Å². The first-order chi connectivity index (χ1) is 8.57.